The van der Waals surface area contributed by atoms with E-state index in [9.17, 15) is 9.90 Å². The van der Waals surface area contributed by atoms with E-state index in [2.05, 4.69) is 5.32 Å². The molecule has 0 aliphatic carbocycles. The van der Waals surface area contributed by atoms with E-state index in [0.717, 1.165) is 10.4 Å². The highest BCUT2D eigenvalue weighted by molar-refractivity contribution is 7.09. The Morgan fingerprint density at radius 3 is 2.57 bits per heavy atom. The molecule has 0 unspecified atom stereocenters. The zero-order valence-corrected chi connectivity index (χ0v) is 12.9. The Bertz CT molecular complexity index is 571. The average Bonchev–Trinajstić information content (AvgIpc) is 2.95. The summed E-state index contributed by atoms with van der Waals surface area (Å²) in [6.45, 7) is 3.95. The summed E-state index contributed by atoms with van der Waals surface area (Å²) >= 11 is 1.60. The van der Waals surface area contributed by atoms with Gasteiger partial charge in [-0.1, -0.05) is 18.2 Å². The van der Waals surface area contributed by atoms with Crippen molar-refractivity contribution in [3.8, 4) is 5.75 Å². The summed E-state index contributed by atoms with van der Waals surface area (Å²) in [7, 11) is 0. The van der Waals surface area contributed by atoms with Gasteiger partial charge in [-0.05, 0) is 43.0 Å². The zero-order valence-electron chi connectivity index (χ0n) is 12.1. The van der Waals surface area contributed by atoms with Crippen LogP contribution in [0.1, 0.15) is 24.3 Å². The van der Waals surface area contributed by atoms with Crippen LogP contribution in [0.2, 0.25) is 0 Å². The van der Waals surface area contributed by atoms with Crippen LogP contribution in [-0.4, -0.2) is 17.6 Å². The van der Waals surface area contributed by atoms with Crippen LogP contribution in [0.15, 0.2) is 41.8 Å². The average molecular weight is 305 g/mol. The van der Waals surface area contributed by atoms with Gasteiger partial charge in [-0.25, -0.2) is 0 Å². The van der Waals surface area contributed by atoms with Crippen LogP contribution in [0.4, 0.5) is 0 Å². The molecular formula is C16H19NO3S. The Morgan fingerprint density at radius 2 is 2.00 bits per heavy atom. The van der Waals surface area contributed by atoms with E-state index in [1.807, 2.05) is 17.5 Å². The molecule has 2 aromatic rings. The van der Waals surface area contributed by atoms with Gasteiger partial charge in [0.05, 0.1) is 12.1 Å². The molecule has 2 N–H and O–H groups in total. The monoisotopic (exact) mass is 305 g/mol. The highest BCUT2D eigenvalue weighted by Gasteiger charge is 2.15. The number of aliphatic hydroxyl groups is 1. The van der Waals surface area contributed by atoms with Gasteiger partial charge in [-0.2, -0.15) is 0 Å². The van der Waals surface area contributed by atoms with Crippen molar-refractivity contribution < 1.29 is 14.6 Å². The SMILES string of the molecule is CC(C)(O)c1ccc(OCC(=O)NCc2cccs2)cc1. The summed E-state index contributed by atoms with van der Waals surface area (Å²) < 4.78 is 5.42. The number of carbonyl (C=O) groups excluding carboxylic acids is 1. The van der Waals surface area contributed by atoms with Crippen LogP contribution in [0.25, 0.3) is 0 Å². The van der Waals surface area contributed by atoms with Gasteiger partial charge in [-0.15, -0.1) is 11.3 Å². The molecule has 0 fully saturated rings. The van der Waals surface area contributed by atoms with Gasteiger partial charge >= 0.3 is 0 Å². The fourth-order valence-corrected chi connectivity index (χ4v) is 2.40. The van der Waals surface area contributed by atoms with Crippen molar-refractivity contribution in [2.75, 3.05) is 6.61 Å². The Kier molecular flexibility index (Phi) is 4.98. The summed E-state index contributed by atoms with van der Waals surface area (Å²) in [4.78, 5) is 12.8. The lowest BCUT2D eigenvalue weighted by atomic mass is 9.99. The lowest BCUT2D eigenvalue weighted by Crippen LogP contribution is -2.28. The predicted molar refractivity (Wildman–Crippen MR) is 83.3 cm³/mol. The molecule has 1 aromatic heterocycles. The summed E-state index contributed by atoms with van der Waals surface area (Å²) in [6.07, 6.45) is 0. The van der Waals surface area contributed by atoms with Crippen LogP contribution < -0.4 is 10.1 Å². The number of carbonyl (C=O) groups is 1. The number of hydrogen-bond acceptors (Lipinski definition) is 4. The Hall–Kier alpha value is -1.85. The summed E-state index contributed by atoms with van der Waals surface area (Å²) in [5, 5.41) is 14.6. The Labute approximate surface area is 128 Å². The molecule has 0 saturated heterocycles. The molecule has 112 valence electrons. The van der Waals surface area contributed by atoms with Crippen molar-refractivity contribution in [1.82, 2.24) is 5.32 Å². The molecule has 0 bridgehead atoms. The van der Waals surface area contributed by atoms with E-state index in [4.69, 9.17) is 4.74 Å². The van der Waals surface area contributed by atoms with Crippen LogP contribution in [0.5, 0.6) is 5.75 Å². The molecule has 0 atom stereocenters. The molecular weight excluding hydrogens is 286 g/mol. The van der Waals surface area contributed by atoms with Gasteiger partial charge in [0.2, 0.25) is 0 Å². The van der Waals surface area contributed by atoms with Crippen molar-refractivity contribution >= 4 is 17.2 Å². The van der Waals surface area contributed by atoms with Crippen molar-refractivity contribution in [2.24, 2.45) is 0 Å². The second-order valence-corrected chi connectivity index (χ2v) is 6.26. The number of nitrogens with one attached hydrogen (secondary N) is 1. The molecule has 0 spiro atoms. The van der Waals surface area contributed by atoms with Crippen LogP contribution in [0.3, 0.4) is 0 Å². The van der Waals surface area contributed by atoms with Crippen LogP contribution in [0, 0.1) is 0 Å². The first-order chi connectivity index (χ1) is 9.95. The second kappa shape index (κ2) is 6.74. The third-order valence-corrected chi connectivity index (χ3v) is 3.85. The normalized spacial score (nSPS) is 11.2. The molecule has 0 radical (unpaired) electrons. The molecule has 1 heterocycles. The number of hydrogen-bond donors (Lipinski definition) is 2. The van der Waals surface area contributed by atoms with Gasteiger partial charge in [0.25, 0.3) is 5.91 Å². The minimum absolute atomic E-state index is 0.0206. The standard InChI is InChI=1S/C16H19NO3S/c1-16(2,19)12-5-7-13(8-6-12)20-11-15(18)17-10-14-4-3-9-21-14/h3-9,19H,10-11H2,1-2H3,(H,17,18). The van der Waals surface area contributed by atoms with Gasteiger partial charge in [-0.3, -0.25) is 4.79 Å². The minimum Gasteiger partial charge on any atom is -0.484 e. The smallest absolute Gasteiger partial charge is 0.258 e. The largest absolute Gasteiger partial charge is 0.484 e. The lowest BCUT2D eigenvalue weighted by Gasteiger charge is -2.17. The number of amides is 1. The molecule has 2 rings (SSSR count). The molecule has 1 aromatic carbocycles. The fourth-order valence-electron chi connectivity index (χ4n) is 1.76. The maximum atomic E-state index is 11.7. The number of rotatable bonds is 6. The van der Waals surface area contributed by atoms with Crippen molar-refractivity contribution in [3.63, 3.8) is 0 Å². The van der Waals surface area contributed by atoms with E-state index in [0.29, 0.717) is 12.3 Å². The Balaban J connectivity index is 1.78. The molecule has 0 aliphatic heterocycles. The van der Waals surface area contributed by atoms with E-state index in [-0.39, 0.29) is 12.5 Å². The quantitative estimate of drug-likeness (QED) is 0.862. The molecule has 21 heavy (non-hydrogen) atoms. The number of benzene rings is 1. The van der Waals surface area contributed by atoms with Crippen molar-refractivity contribution in [1.29, 1.82) is 0 Å². The Morgan fingerprint density at radius 1 is 1.29 bits per heavy atom. The van der Waals surface area contributed by atoms with E-state index in [1.165, 1.54) is 0 Å². The van der Waals surface area contributed by atoms with Gasteiger partial charge in [0.15, 0.2) is 6.61 Å². The lowest BCUT2D eigenvalue weighted by molar-refractivity contribution is -0.123. The van der Waals surface area contributed by atoms with E-state index < -0.39 is 5.60 Å². The first kappa shape index (κ1) is 15.5. The van der Waals surface area contributed by atoms with E-state index >= 15 is 0 Å². The first-order valence-corrected chi connectivity index (χ1v) is 7.58. The molecule has 0 saturated carbocycles. The maximum Gasteiger partial charge on any atom is 0.258 e. The zero-order chi connectivity index (χ0) is 15.3. The minimum atomic E-state index is -0.878. The second-order valence-electron chi connectivity index (χ2n) is 5.23. The third-order valence-electron chi connectivity index (χ3n) is 2.97. The highest BCUT2D eigenvalue weighted by Crippen LogP contribution is 2.22. The highest BCUT2D eigenvalue weighted by atomic mass is 32.1. The number of thiophene rings is 1. The topological polar surface area (TPSA) is 58.6 Å². The first-order valence-electron chi connectivity index (χ1n) is 6.70. The summed E-state index contributed by atoms with van der Waals surface area (Å²) in [5.74, 6) is 0.448. The van der Waals surface area contributed by atoms with Gasteiger partial charge < -0.3 is 15.2 Å². The molecule has 4 nitrogen and oxygen atoms in total. The maximum absolute atomic E-state index is 11.7. The predicted octanol–water partition coefficient (Wildman–Crippen LogP) is 2.67. The molecule has 5 heteroatoms. The van der Waals surface area contributed by atoms with Crippen molar-refractivity contribution in [3.05, 3.63) is 52.2 Å². The molecule has 1 amide bonds. The summed E-state index contributed by atoms with van der Waals surface area (Å²) in [5.41, 5.74) is -0.0756. The van der Waals surface area contributed by atoms with E-state index in [1.54, 1.807) is 49.4 Å². The van der Waals surface area contributed by atoms with Crippen LogP contribution >= 0.6 is 11.3 Å². The van der Waals surface area contributed by atoms with Crippen molar-refractivity contribution in [2.45, 2.75) is 26.0 Å². The molecule has 0 aliphatic rings. The van der Waals surface area contributed by atoms with Gasteiger partial charge in [0.1, 0.15) is 5.75 Å². The van der Waals surface area contributed by atoms with Gasteiger partial charge in [0, 0.05) is 4.88 Å². The summed E-state index contributed by atoms with van der Waals surface area (Å²) in [6, 6.07) is 11.0. The number of ether oxygens (including phenoxy) is 1. The van der Waals surface area contributed by atoms with Crippen LogP contribution in [-0.2, 0) is 16.9 Å². The third kappa shape index (κ3) is 4.88. The fraction of sp³-hybridized carbons (Fsp3) is 0.312.